The molecule has 1 amide bonds. The van der Waals surface area contributed by atoms with E-state index < -0.39 is 6.10 Å². The lowest BCUT2D eigenvalue weighted by atomic mass is 10.3. The molecule has 0 aromatic carbocycles. The van der Waals surface area contributed by atoms with Crippen LogP contribution in [0.2, 0.25) is 0 Å². The quantitative estimate of drug-likeness (QED) is 0.198. The number of nitrogens with two attached hydrogens (primary N) is 1. The topological polar surface area (TPSA) is 156 Å². The first-order chi connectivity index (χ1) is 8.54. The number of amides is 1. The van der Waals surface area contributed by atoms with E-state index >= 15 is 0 Å². The van der Waals surface area contributed by atoms with Gasteiger partial charge in [-0.2, -0.15) is 0 Å². The van der Waals surface area contributed by atoms with E-state index in [9.17, 15) is 9.90 Å². The van der Waals surface area contributed by atoms with Gasteiger partial charge in [0.05, 0.1) is 0 Å². The standard InChI is InChI=1S/C8H13N5O5/c1-4(14)10-2-5(15)3-17-8-6(7(9)11-16)12-18-13-8/h5,15-16H,2-3H2,1H3,(H2,9,11)(H,10,14)/t5-/m0/s1. The number of carbonyl (C=O) groups excluding carboxylic acids is 1. The Bertz CT molecular complexity index is 431. The van der Waals surface area contributed by atoms with Crippen molar-refractivity contribution in [3.8, 4) is 5.88 Å². The predicted molar refractivity (Wildman–Crippen MR) is 57.0 cm³/mol. The number of nitrogens with one attached hydrogen (secondary N) is 1. The minimum atomic E-state index is -0.939. The molecule has 0 aliphatic heterocycles. The van der Waals surface area contributed by atoms with E-state index in [2.05, 4.69) is 25.4 Å². The summed E-state index contributed by atoms with van der Waals surface area (Å²) in [7, 11) is 0. The molecule has 0 aliphatic rings. The summed E-state index contributed by atoms with van der Waals surface area (Å²) in [6, 6.07) is 0. The zero-order chi connectivity index (χ0) is 13.5. The van der Waals surface area contributed by atoms with Crippen molar-refractivity contribution in [2.75, 3.05) is 13.2 Å². The monoisotopic (exact) mass is 259 g/mol. The molecule has 18 heavy (non-hydrogen) atoms. The molecule has 10 heteroatoms. The second-order valence-corrected chi connectivity index (χ2v) is 3.31. The highest BCUT2D eigenvalue weighted by molar-refractivity contribution is 5.96. The number of carbonyl (C=O) groups is 1. The molecule has 0 fully saturated rings. The van der Waals surface area contributed by atoms with E-state index in [4.69, 9.17) is 15.7 Å². The van der Waals surface area contributed by atoms with Gasteiger partial charge in [-0.3, -0.25) is 4.79 Å². The van der Waals surface area contributed by atoms with Crippen LogP contribution in [0, 0.1) is 0 Å². The Balaban J connectivity index is 2.48. The largest absolute Gasteiger partial charge is 0.471 e. The molecule has 10 nitrogen and oxygen atoms in total. The molecule has 0 saturated carbocycles. The van der Waals surface area contributed by atoms with Gasteiger partial charge >= 0.3 is 0 Å². The zero-order valence-corrected chi connectivity index (χ0v) is 9.53. The summed E-state index contributed by atoms with van der Waals surface area (Å²) in [4.78, 5) is 10.6. The second kappa shape index (κ2) is 6.39. The Morgan fingerprint density at radius 1 is 1.67 bits per heavy atom. The van der Waals surface area contributed by atoms with Gasteiger partial charge in [0, 0.05) is 13.5 Å². The van der Waals surface area contributed by atoms with E-state index in [0.717, 1.165) is 0 Å². The van der Waals surface area contributed by atoms with Gasteiger partial charge in [-0.1, -0.05) is 5.16 Å². The Hall–Kier alpha value is -2.36. The van der Waals surface area contributed by atoms with E-state index in [1.807, 2.05) is 0 Å². The normalized spacial score (nSPS) is 13.1. The molecular weight excluding hydrogens is 246 g/mol. The van der Waals surface area contributed by atoms with Gasteiger partial charge in [-0.15, -0.1) is 0 Å². The smallest absolute Gasteiger partial charge is 0.287 e. The number of ether oxygens (including phenoxy) is 1. The van der Waals surface area contributed by atoms with Crippen molar-refractivity contribution >= 4 is 11.7 Å². The number of hydrogen-bond acceptors (Lipinski definition) is 8. The Morgan fingerprint density at radius 2 is 2.39 bits per heavy atom. The Morgan fingerprint density at radius 3 is 3.00 bits per heavy atom. The summed E-state index contributed by atoms with van der Waals surface area (Å²) < 4.78 is 9.40. The van der Waals surface area contributed by atoms with Crippen LogP contribution >= 0.6 is 0 Å². The van der Waals surface area contributed by atoms with Gasteiger partial charge in [0.15, 0.2) is 5.84 Å². The highest BCUT2D eigenvalue weighted by atomic mass is 16.6. The van der Waals surface area contributed by atoms with E-state index in [-0.39, 0.29) is 36.5 Å². The number of oxime groups is 1. The lowest BCUT2D eigenvalue weighted by Crippen LogP contribution is -2.34. The third kappa shape index (κ3) is 3.90. The molecule has 1 heterocycles. The highest BCUT2D eigenvalue weighted by Crippen LogP contribution is 2.12. The highest BCUT2D eigenvalue weighted by Gasteiger charge is 2.17. The van der Waals surface area contributed by atoms with Crippen LogP contribution in [-0.2, 0) is 4.79 Å². The Labute approximate surface area is 101 Å². The summed E-state index contributed by atoms with van der Waals surface area (Å²) >= 11 is 0. The summed E-state index contributed by atoms with van der Waals surface area (Å²) in [6.45, 7) is 1.19. The summed E-state index contributed by atoms with van der Waals surface area (Å²) in [5.74, 6) is -0.718. The summed E-state index contributed by atoms with van der Waals surface area (Å²) in [6.07, 6.45) is -0.939. The van der Waals surface area contributed by atoms with E-state index in [1.54, 1.807) is 0 Å². The molecule has 1 rings (SSSR count). The predicted octanol–water partition coefficient (Wildman–Crippen LogP) is -1.96. The maximum absolute atomic E-state index is 10.6. The fourth-order valence-corrected chi connectivity index (χ4v) is 0.975. The number of aromatic nitrogens is 2. The van der Waals surface area contributed by atoms with Crippen LogP contribution in [0.4, 0.5) is 0 Å². The maximum Gasteiger partial charge on any atom is 0.287 e. The molecule has 100 valence electrons. The van der Waals surface area contributed by atoms with Crippen molar-refractivity contribution in [1.29, 1.82) is 0 Å². The molecule has 1 atom stereocenters. The first kappa shape index (κ1) is 13.7. The van der Waals surface area contributed by atoms with Crippen molar-refractivity contribution in [1.82, 2.24) is 15.6 Å². The summed E-state index contributed by atoms with van der Waals surface area (Å²) in [5.41, 5.74) is 5.20. The molecule has 0 radical (unpaired) electrons. The molecule has 0 unspecified atom stereocenters. The number of hydrogen-bond donors (Lipinski definition) is 4. The minimum absolute atomic E-state index is 0.0273. The lowest BCUT2D eigenvalue weighted by molar-refractivity contribution is -0.119. The number of amidine groups is 1. The van der Waals surface area contributed by atoms with Gasteiger partial charge in [-0.05, 0) is 10.3 Å². The third-order valence-corrected chi connectivity index (χ3v) is 1.81. The lowest BCUT2D eigenvalue weighted by Gasteiger charge is -2.10. The van der Waals surface area contributed by atoms with Crippen LogP contribution in [0.15, 0.2) is 9.78 Å². The Kier molecular flexibility index (Phi) is 4.87. The average molecular weight is 259 g/mol. The van der Waals surface area contributed by atoms with E-state index in [1.165, 1.54) is 6.92 Å². The molecule has 0 bridgehead atoms. The zero-order valence-electron chi connectivity index (χ0n) is 9.53. The van der Waals surface area contributed by atoms with Crippen LogP contribution in [0.5, 0.6) is 5.88 Å². The number of aliphatic hydroxyl groups is 1. The van der Waals surface area contributed by atoms with Crippen molar-refractivity contribution < 1.29 is 24.5 Å². The van der Waals surface area contributed by atoms with Gasteiger partial charge in [0.2, 0.25) is 11.6 Å². The van der Waals surface area contributed by atoms with Crippen LogP contribution in [-0.4, -0.2) is 51.6 Å². The van der Waals surface area contributed by atoms with E-state index in [0.29, 0.717) is 0 Å². The molecule has 5 N–H and O–H groups in total. The van der Waals surface area contributed by atoms with Crippen molar-refractivity contribution in [2.45, 2.75) is 13.0 Å². The average Bonchev–Trinajstić information content (AvgIpc) is 2.81. The SMILES string of the molecule is CC(=O)NC[C@H](O)COc1nonc1/C(N)=N/O. The molecule has 0 aliphatic carbocycles. The third-order valence-electron chi connectivity index (χ3n) is 1.81. The first-order valence-corrected chi connectivity index (χ1v) is 4.90. The number of rotatable bonds is 6. The maximum atomic E-state index is 10.6. The van der Waals surface area contributed by atoms with Crippen LogP contribution in [0.3, 0.4) is 0 Å². The second-order valence-electron chi connectivity index (χ2n) is 3.31. The molecule has 1 aromatic heterocycles. The molecule has 0 spiro atoms. The van der Waals surface area contributed by atoms with Crippen molar-refractivity contribution in [3.05, 3.63) is 5.69 Å². The fourth-order valence-electron chi connectivity index (χ4n) is 0.975. The van der Waals surface area contributed by atoms with Crippen molar-refractivity contribution in [3.63, 3.8) is 0 Å². The fraction of sp³-hybridized carbons (Fsp3) is 0.500. The van der Waals surface area contributed by atoms with Gasteiger partial charge < -0.3 is 26.1 Å². The van der Waals surface area contributed by atoms with Crippen molar-refractivity contribution in [2.24, 2.45) is 10.9 Å². The van der Waals surface area contributed by atoms with Gasteiger partial charge in [-0.25, -0.2) is 4.63 Å². The first-order valence-electron chi connectivity index (χ1n) is 4.90. The van der Waals surface area contributed by atoms with Gasteiger partial charge in [0.1, 0.15) is 12.7 Å². The van der Waals surface area contributed by atoms with Gasteiger partial charge in [0.25, 0.3) is 5.88 Å². The molecule has 1 aromatic rings. The number of aliphatic hydroxyl groups excluding tert-OH is 1. The van der Waals surface area contributed by atoms with Crippen LogP contribution in [0.25, 0.3) is 0 Å². The summed E-state index contributed by atoms with van der Waals surface area (Å²) in [5, 5.41) is 29.8. The number of nitrogens with zero attached hydrogens (tertiary/aromatic N) is 3. The van der Waals surface area contributed by atoms with Crippen LogP contribution in [0.1, 0.15) is 12.6 Å². The van der Waals surface area contributed by atoms with Crippen LogP contribution < -0.4 is 15.8 Å². The molecule has 0 saturated heterocycles. The minimum Gasteiger partial charge on any atom is -0.471 e. The molecular formula is C8H13N5O5.